The maximum absolute atomic E-state index is 12.6. The smallest absolute Gasteiger partial charge is 0.255 e. The number of hydrogen-bond acceptors (Lipinski definition) is 7. The van der Waals surface area contributed by atoms with Gasteiger partial charge in [0, 0.05) is 32.3 Å². The summed E-state index contributed by atoms with van der Waals surface area (Å²) >= 11 is 0. The lowest BCUT2D eigenvalue weighted by Crippen LogP contribution is -2.50. The van der Waals surface area contributed by atoms with Crippen molar-refractivity contribution in [1.29, 1.82) is 5.26 Å². The molecule has 1 atom stereocenters. The van der Waals surface area contributed by atoms with Crippen LogP contribution in [0.15, 0.2) is 42.5 Å². The van der Waals surface area contributed by atoms with Crippen molar-refractivity contribution >= 4 is 5.91 Å². The van der Waals surface area contributed by atoms with Crippen LogP contribution in [0, 0.1) is 11.3 Å². The molecule has 2 aliphatic rings. The van der Waals surface area contributed by atoms with E-state index in [1.165, 1.54) is 18.9 Å². The Bertz CT molecular complexity index is 1100. The summed E-state index contributed by atoms with van der Waals surface area (Å²) in [5.41, 5.74) is 0.525. The van der Waals surface area contributed by atoms with E-state index in [0.29, 0.717) is 50.4 Å². The molecule has 2 aromatic rings. The highest BCUT2D eigenvalue weighted by Gasteiger charge is 2.39. The number of likely N-dealkylation sites (tertiary alicyclic amines) is 1. The van der Waals surface area contributed by atoms with Gasteiger partial charge in [-0.05, 0) is 74.8 Å². The number of nitriles is 1. The number of rotatable bonds is 10. The molecule has 1 aliphatic heterocycles. The molecule has 2 fully saturated rings. The van der Waals surface area contributed by atoms with Gasteiger partial charge in [-0.2, -0.15) is 5.26 Å². The number of para-hydroxylation sites is 1. The van der Waals surface area contributed by atoms with Gasteiger partial charge in [0.15, 0.2) is 11.5 Å². The second kappa shape index (κ2) is 12.3. The van der Waals surface area contributed by atoms with E-state index >= 15 is 0 Å². The van der Waals surface area contributed by atoms with Crippen molar-refractivity contribution in [1.82, 2.24) is 10.2 Å². The van der Waals surface area contributed by atoms with E-state index in [4.69, 9.17) is 9.47 Å². The fraction of sp³-hybridized carbons (Fsp3) is 0.517. The van der Waals surface area contributed by atoms with Gasteiger partial charge in [0.1, 0.15) is 5.75 Å². The van der Waals surface area contributed by atoms with Crippen LogP contribution in [0.5, 0.6) is 17.2 Å². The minimum absolute atomic E-state index is 0.00262. The number of carbonyl (C=O) groups is 1. The lowest BCUT2D eigenvalue weighted by Gasteiger charge is -2.41. The van der Waals surface area contributed by atoms with Crippen molar-refractivity contribution in [2.24, 2.45) is 0 Å². The predicted octanol–water partition coefficient (Wildman–Crippen LogP) is 3.76. The zero-order valence-electron chi connectivity index (χ0n) is 21.5. The highest BCUT2D eigenvalue weighted by atomic mass is 16.5. The fourth-order valence-corrected chi connectivity index (χ4v) is 5.52. The number of piperidine rings is 1. The number of benzene rings is 2. The van der Waals surface area contributed by atoms with E-state index < -0.39 is 5.41 Å². The summed E-state index contributed by atoms with van der Waals surface area (Å²) in [4.78, 5) is 14.8. The van der Waals surface area contributed by atoms with Crippen LogP contribution in [0.25, 0.3) is 0 Å². The van der Waals surface area contributed by atoms with Crippen LogP contribution < -0.4 is 14.8 Å². The van der Waals surface area contributed by atoms with Gasteiger partial charge < -0.3 is 25.0 Å². The first-order chi connectivity index (χ1) is 18.0. The van der Waals surface area contributed by atoms with Crippen LogP contribution >= 0.6 is 0 Å². The van der Waals surface area contributed by atoms with Crippen LogP contribution in [-0.4, -0.2) is 66.5 Å². The van der Waals surface area contributed by atoms with Crippen LogP contribution in [0.3, 0.4) is 0 Å². The van der Waals surface area contributed by atoms with Gasteiger partial charge in [0.2, 0.25) is 0 Å². The molecule has 3 N–H and O–H groups in total. The van der Waals surface area contributed by atoms with Crippen molar-refractivity contribution in [3.05, 3.63) is 53.6 Å². The molecule has 2 aromatic carbocycles. The molecule has 0 aromatic heterocycles. The quantitative estimate of drug-likeness (QED) is 0.449. The SMILES string of the molecule is COc1ccc(C2(C#N)CCN(C(CCO)CNC(=O)c3ccccc3O)CC2)cc1OC1CCCC1. The molecule has 1 aliphatic carbocycles. The molecular formula is C29H37N3O5. The number of aliphatic hydroxyl groups excluding tert-OH is 1. The summed E-state index contributed by atoms with van der Waals surface area (Å²) < 4.78 is 11.8. The first-order valence-electron chi connectivity index (χ1n) is 13.2. The first kappa shape index (κ1) is 26.8. The Labute approximate surface area is 218 Å². The Kier molecular flexibility index (Phi) is 8.91. The molecule has 8 heteroatoms. The third-order valence-corrected chi connectivity index (χ3v) is 7.80. The maximum Gasteiger partial charge on any atom is 0.255 e. The van der Waals surface area contributed by atoms with Crippen LogP contribution in [-0.2, 0) is 5.41 Å². The number of amides is 1. The van der Waals surface area contributed by atoms with Gasteiger partial charge in [-0.25, -0.2) is 0 Å². The van der Waals surface area contributed by atoms with Crippen molar-refractivity contribution in [2.45, 2.75) is 62.5 Å². The summed E-state index contributed by atoms with van der Waals surface area (Å²) in [6, 6.07) is 14.8. The van der Waals surface area contributed by atoms with E-state index in [2.05, 4.69) is 16.3 Å². The zero-order chi connectivity index (χ0) is 26.3. The van der Waals surface area contributed by atoms with Gasteiger partial charge in [0.25, 0.3) is 5.91 Å². The fourth-order valence-electron chi connectivity index (χ4n) is 5.52. The molecular weight excluding hydrogens is 470 g/mol. The number of ether oxygens (including phenoxy) is 2. The molecule has 1 saturated heterocycles. The van der Waals surface area contributed by atoms with E-state index in [0.717, 1.165) is 18.4 Å². The molecule has 1 heterocycles. The lowest BCUT2D eigenvalue weighted by atomic mass is 9.73. The number of nitrogens with zero attached hydrogens (tertiary/aromatic N) is 2. The maximum atomic E-state index is 12.6. The Balaban J connectivity index is 1.43. The standard InChI is InChI=1S/C29H37N3O5/c1-36-26-11-10-21(18-27(26)37-23-6-2-3-7-23)29(20-30)13-15-32(16-14-29)22(12-17-33)19-31-28(35)24-8-4-5-9-25(24)34/h4-5,8-11,18,22-23,33-34H,2-3,6-7,12-17,19H2,1H3,(H,31,35). The topological polar surface area (TPSA) is 115 Å². The number of nitrogens with one attached hydrogen (secondary N) is 1. The van der Waals surface area contributed by atoms with Crippen molar-refractivity contribution < 1.29 is 24.5 Å². The van der Waals surface area contributed by atoms with E-state index in [9.17, 15) is 20.3 Å². The van der Waals surface area contributed by atoms with Crippen LogP contribution in [0.2, 0.25) is 0 Å². The van der Waals surface area contributed by atoms with Crippen molar-refractivity contribution in [2.75, 3.05) is 33.4 Å². The molecule has 198 valence electrons. The van der Waals surface area contributed by atoms with Crippen LogP contribution in [0.1, 0.15) is 60.9 Å². The van der Waals surface area contributed by atoms with Crippen molar-refractivity contribution in [3.8, 4) is 23.3 Å². The summed E-state index contributed by atoms with van der Waals surface area (Å²) in [5, 5.41) is 32.8. The van der Waals surface area contributed by atoms with Gasteiger partial charge in [-0.15, -0.1) is 0 Å². The molecule has 0 radical (unpaired) electrons. The number of carbonyl (C=O) groups excluding carboxylic acids is 1. The second-order valence-corrected chi connectivity index (χ2v) is 10.0. The van der Waals surface area contributed by atoms with E-state index in [-0.39, 0.29) is 36.0 Å². The molecule has 1 saturated carbocycles. The summed E-state index contributed by atoms with van der Waals surface area (Å²) in [5.74, 6) is 0.974. The first-order valence-corrected chi connectivity index (χ1v) is 13.2. The minimum Gasteiger partial charge on any atom is -0.507 e. The summed E-state index contributed by atoms with van der Waals surface area (Å²) in [6.45, 7) is 1.66. The average Bonchev–Trinajstić information content (AvgIpc) is 3.44. The van der Waals surface area contributed by atoms with Gasteiger partial charge >= 0.3 is 0 Å². The highest BCUT2D eigenvalue weighted by molar-refractivity contribution is 5.96. The molecule has 4 rings (SSSR count). The Morgan fingerprint density at radius 2 is 1.92 bits per heavy atom. The highest BCUT2D eigenvalue weighted by Crippen LogP contribution is 2.41. The Morgan fingerprint density at radius 3 is 2.57 bits per heavy atom. The number of aliphatic hydroxyl groups is 1. The van der Waals surface area contributed by atoms with Gasteiger partial charge in [-0.3, -0.25) is 9.69 Å². The average molecular weight is 508 g/mol. The third kappa shape index (κ3) is 6.17. The number of aromatic hydroxyl groups is 1. The number of phenolic OH excluding ortho intramolecular Hbond substituents is 1. The molecule has 0 bridgehead atoms. The number of phenols is 1. The van der Waals surface area contributed by atoms with Gasteiger partial charge in [-0.1, -0.05) is 18.2 Å². The summed E-state index contributed by atoms with van der Waals surface area (Å²) in [7, 11) is 1.63. The second-order valence-electron chi connectivity index (χ2n) is 10.0. The zero-order valence-corrected chi connectivity index (χ0v) is 21.5. The number of methoxy groups -OCH3 is 1. The largest absolute Gasteiger partial charge is 0.507 e. The monoisotopic (exact) mass is 507 g/mol. The molecule has 1 amide bonds. The molecule has 8 nitrogen and oxygen atoms in total. The Morgan fingerprint density at radius 1 is 1.19 bits per heavy atom. The number of hydrogen-bond donors (Lipinski definition) is 3. The summed E-state index contributed by atoms with van der Waals surface area (Å²) in [6.07, 6.45) is 6.39. The molecule has 0 spiro atoms. The van der Waals surface area contributed by atoms with Gasteiger partial charge in [0.05, 0.1) is 30.3 Å². The predicted molar refractivity (Wildman–Crippen MR) is 140 cm³/mol. The van der Waals surface area contributed by atoms with E-state index in [1.807, 2.05) is 18.2 Å². The lowest BCUT2D eigenvalue weighted by molar-refractivity contribution is 0.0874. The third-order valence-electron chi connectivity index (χ3n) is 7.80. The molecule has 1 unspecified atom stereocenters. The Hall–Kier alpha value is -3.28. The molecule has 37 heavy (non-hydrogen) atoms. The normalized spacial score (nSPS) is 18.6. The van der Waals surface area contributed by atoms with Crippen LogP contribution in [0.4, 0.5) is 0 Å². The minimum atomic E-state index is -0.639. The van der Waals surface area contributed by atoms with E-state index in [1.54, 1.807) is 25.3 Å². The van der Waals surface area contributed by atoms with Crippen molar-refractivity contribution in [3.63, 3.8) is 0 Å².